The molecule has 0 spiro atoms. The Morgan fingerprint density at radius 3 is 2.48 bits per heavy atom. The van der Waals surface area contributed by atoms with Crippen LogP contribution in [0.15, 0.2) is 76.2 Å². The first kappa shape index (κ1) is 30.4. The number of nitroso groups, excluding NO2 is 1. The Bertz CT molecular complexity index is 1410. The number of nitrogens with one attached hydrogen (secondary N) is 2. The van der Waals surface area contributed by atoms with Crippen LogP contribution < -0.4 is 20.3 Å². The molecule has 1 aliphatic heterocycles. The molecule has 2 amide bonds. The van der Waals surface area contributed by atoms with Crippen molar-refractivity contribution in [2.24, 2.45) is 11.1 Å². The largest absolute Gasteiger partial charge is 0.458 e. The van der Waals surface area contributed by atoms with Crippen LogP contribution >= 0.6 is 11.6 Å². The van der Waals surface area contributed by atoms with E-state index in [0.29, 0.717) is 48.9 Å². The lowest BCUT2D eigenvalue weighted by molar-refractivity contribution is -0.122. The van der Waals surface area contributed by atoms with E-state index in [-0.39, 0.29) is 23.2 Å². The number of hydrogen-bond acceptors (Lipinski definition) is 10. The van der Waals surface area contributed by atoms with Gasteiger partial charge in [0.25, 0.3) is 5.91 Å². The maximum atomic E-state index is 12.6. The molecule has 2 aromatic heterocycles. The summed E-state index contributed by atoms with van der Waals surface area (Å²) < 4.78 is 11.4. The highest BCUT2D eigenvalue weighted by atomic mass is 35.5. The van der Waals surface area contributed by atoms with E-state index in [1.54, 1.807) is 36.4 Å². The van der Waals surface area contributed by atoms with Crippen LogP contribution in [-0.4, -0.2) is 45.5 Å². The Kier molecular flexibility index (Phi) is 10.8. The van der Waals surface area contributed by atoms with Gasteiger partial charge in [-0.25, -0.2) is 4.98 Å². The van der Waals surface area contributed by atoms with Gasteiger partial charge < -0.3 is 24.7 Å². The second kappa shape index (κ2) is 14.9. The average molecular weight is 594 g/mol. The SMILES string of the molecule is CC.O=NC(=O)C1CCN(c2ccc(NC(=O)c3nnc(Nc4ccc(OC5=CCCC(Cl)C=C5)cc4)o3)cn2)CC1. The van der Waals surface area contributed by atoms with Crippen LogP contribution in [-0.2, 0) is 4.79 Å². The number of aromatic nitrogens is 3. The van der Waals surface area contributed by atoms with Crippen LogP contribution in [0.3, 0.4) is 0 Å². The molecule has 1 saturated heterocycles. The van der Waals surface area contributed by atoms with Gasteiger partial charge in [-0.15, -0.1) is 21.6 Å². The average Bonchev–Trinajstić information content (AvgIpc) is 3.40. The zero-order valence-corrected chi connectivity index (χ0v) is 24.1. The number of allylic oxidation sites excluding steroid dienone is 3. The Hall–Kier alpha value is -4.58. The van der Waals surface area contributed by atoms with E-state index >= 15 is 0 Å². The van der Waals surface area contributed by atoms with Gasteiger partial charge in [-0.2, -0.15) is 0 Å². The minimum absolute atomic E-state index is 0.00458. The molecule has 0 saturated carbocycles. The molecule has 0 bridgehead atoms. The summed E-state index contributed by atoms with van der Waals surface area (Å²) in [6.45, 7) is 5.17. The van der Waals surface area contributed by atoms with Crippen LogP contribution in [0.1, 0.15) is 50.2 Å². The molecule has 2 N–H and O–H groups in total. The first-order valence-electron chi connectivity index (χ1n) is 13.8. The molecule has 220 valence electrons. The van der Waals surface area contributed by atoms with Crippen molar-refractivity contribution in [1.82, 2.24) is 15.2 Å². The topological polar surface area (TPSA) is 152 Å². The van der Waals surface area contributed by atoms with Crippen LogP contribution in [0.4, 0.5) is 23.2 Å². The third-order valence-corrected chi connectivity index (χ3v) is 6.85. The second-order valence-electron chi connectivity index (χ2n) is 9.27. The van der Waals surface area contributed by atoms with E-state index in [4.69, 9.17) is 20.8 Å². The number of alkyl halides is 1. The summed E-state index contributed by atoms with van der Waals surface area (Å²) in [5.41, 5.74) is 1.12. The highest BCUT2D eigenvalue weighted by molar-refractivity contribution is 6.21. The maximum Gasteiger partial charge on any atom is 0.320 e. The predicted octanol–water partition coefficient (Wildman–Crippen LogP) is 6.22. The van der Waals surface area contributed by atoms with E-state index in [1.165, 1.54) is 6.20 Å². The fourth-order valence-electron chi connectivity index (χ4n) is 4.32. The fraction of sp³-hybridized carbons (Fsp3) is 0.345. The Balaban J connectivity index is 0.00000198. The summed E-state index contributed by atoms with van der Waals surface area (Å²) in [6.07, 6.45) is 10.1. The molecule has 3 heterocycles. The highest BCUT2D eigenvalue weighted by Crippen LogP contribution is 2.25. The van der Waals surface area contributed by atoms with E-state index in [1.807, 2.05) is 37.0 Å². The molecule has 12 nitrogen and oxygen atoms in total. The minimum Gasteiger partial charge on any atom is -0.458 e. The molecular formula is C29H32ClN7O5. The van der Waals surface area contributed by atoms with Gasteiger partial charge in [0.05, 0.1) is 17.3 Å². The van der Waals surface area contributed by atoms with Gasteiger partial charge in [0.1, 0.15) is 17.3 Å². The molecular weight excluding hydrogens is 562 g/mol. The van der Waals surface area contributed by atoms with Crippen LogP contribution in [0, 0.1) is 10.8 Å². The zero-order chi connectivity index (χ0) is 29.9. The van der Waals surface area contributed by atoms with Crippen molar-refractivity contribution in [3.05, 3.63) is 77.4 Å². The van der Waals surface area contributed by atoms with Crippen molar-refractivity contribution in [1.29, 1.82) is 0 Å². The number of carbonyl (C=O) groups is 2. The lowest BCUT2D eigenvalue weighted by Gasteiger charge is -2.31. The highest BCUT2D eigenvalue weighted by Gasteiger charge is 2.26. The monoisotopic (exact) mass is 593 g/mol. The van der Waals surface area contributed by atoms with E-state index < -0.39 is 11.8 Å². The summed E-state index contributed by atoms with van der Waals surface area (Å²) in [4.78, 5) is 40.9. The van der Waals surface area contributed by atoms with Crippen molar-refractivity contribution in [3.8, 4) is 5.75 Å². The summed E-state index contributed by atoms with van der Waals surface area (Å²) in [5.74, 6) is 0.382. The number of pyridine rings is 1. The first-order chi connectivity index (χ1) is 20.5. The summed E-state index contributed by atoms with van der Waals surface area (Å²) in [5, 5.41) is 15.9. The zero-order valence-electron chi connectivity index (χ0n) is 23.3. The standard InChI is InChI=1S/C27H26ClN7O5.C2H6/c28-18-2-1-3-21(8-4-18)39-22-9-5-19(6-10-22)31-27-33-32-26(40-27)25(37)30-20-7-11-23(29-16-20)35-14-12-17(13-15-35)24(36)34-38;1-2/h3-11,16-18H,1-2,12-15H2,(H,30,37)(H,31,33);1-2H3. The number of amides is 2. The van der Waals surface area contributed by atoms with Gasteiger partial charge in [0.15, 0.2) is 0 Å². The third-order valence-electron chi connectivity index (χ3n) is 6.48. The summed E-state index contributed by atoms with van der Waals surface area (Å²) in [6, 6.07) is 10.7. The number of anilines is 4. The molecule has 1 aromatic carbocycles. The van der Waals surface area contributed by atoms with Crippen LogP contribution in [0.5, 0.6) is 5.75 Å². The quantitative estimate of drug-likeness (QED) is 0.227. The van der Waals surface area contributed by atoms with E-state index in [2.05, 4.69) is 31.0 Å². The van der Waals surface area contributed by atoms with Crippen molar-refractivity contribution in [2.75, 3.05) is 28.6 Å². The first-order valence-corrected chi connectivity index (χ1v) is 14.2. The predicted molar refractivity (Wildman–Crippen MR) is 160 cm³/mol. The van der Waals surface area contributed by atoms with E-state index in [9.17, 15) is 14.5 Å². The number of ether oxygens (including phenoxy) is 1. The molecule has 5 rings (SSSR count). The second-order valence-corrected chi connectivity index (χ2v) is 9.83. The van der Waals surface area contributed by atoms with Gasteiger partial charge in [0, 0.05) is 29.9 Å². The smallest absolute Gasteiger partial charge is 0.320 e. The number of piperidine rings is 1. The summed E-state index contributed by atoms with van der Waals surface area (Å²) in [7, 11) is 0. The molecule has 42 heavy (non-hydrogen) atoms. The Morgan fingerprint density at radius 2 is 1.79 bits per heavy atom. The molecule has 13 heteroatoms. The molecule has 2 aliphatic rings. The lowest BCUT2D eigenvalue weighted by Crippen LogP contribution is -2.36. The van der Waals surface area contributed by atoms with Crippen LogP contribution in [0.2, 0.25) is 0 Å². The molecule has 3 aromatic rings. The lowest BCUT2D eigenvalue weighted by atomic mass is 9.96. The van der Waals surface area contributed by atoms with Crippen molar-refractivity contribution >= 4 is 46.6 Å². The number of rotatable bonds is 8. The maximum absolute atomic E-state index is 12.6. The van der Waals surface area contributed by atoms with Crippen LogP contribution in [0.25, 0.3) is 0 Å². The Morgan fingerprint density at radius 1 is 1.05 bits per heavy atom. The summed E-state index contributed by atoms with van der Waals surface area (Å²) >= 11 is 6.15. The van der Waals surface area contributed by atoms with Gasteiger partial charge >= 0.3 is 17.8 Å². The van der Waals surface area contributed by atoms with Gasteiger partial charge in [-0.05, 0) is 74.2 Å². The number of nitrogens with zero attached hydrogens (tertiary/aromatic N) is 5. The number of halogens is 1. The van der Waals surface area contributed by atoms with Gasteiger partial charge in [-0.1, -0.05) is 25.0 Å². The molecule has 1 fully saturated rings. The molecule has 1 atom stereocenters. The van der Waals surface area contributed by atoms with Gasteiger partial charge in [-0.3, -0.25) is 9.59 Å². The van der Waals surface area contributed by atoms with Gasteiger partial charge in [0.2, 0.25) is 0 Å². The number of hydrogen-bond donors (Lipinski definition) is 2. The molecule has 1 unspecified atom stereocenters. The van der Waals surface area contributed by atoms with Crippen molar-refractivity contribution in [2.45, 2.75) is 44.9 Å². The number of benzene rings is 1. The molecule has 0 radical (unpaired) electrons. The third kappa shape index (κ3) is 8.23. The fourth-order valence-corrected chi connectivity index (χ4v) is 4.52. The number of carbonyl (C=O) groups excluding carboxylic acids is 2. The Labute approximate surface area is 248 Å². The molecule has 1 aliphatic carbocycles. The van der Waals surface area contributed by atoms with E-state index in [0.717, 1.165) is 18.6 Å². The normalized spacial score (nSPS) is 16.8. The van der Waals surface area contributed by atoms with Crippen molar-refractivity contribution < 1.29 is 18.7 Å². The minimum atomic E-state index is -0.597. The van der Waals surface area contributed by atoms with Crippen molar-refractivity contribution in [3.63, 3.8) is 0 Å².